The average molecular weight is 373 g/mol. The molecule has 0 radical (unpaired) electrons. The Labute approximate surface area is 160 Å². The molecule has 0 aliphatic carbocycles. The van der Waals surface area contributed by atoms with Gasteiger partial charge in [-0.25, -0.2) is 0 Å². The molecule has 2 rings (SSSR count). The van der Waals surface area contributed by atoms with Crippen molar-refractivity contribution in [2.75, 3.05) is 6.54 Å². The predicted molar refractivity (Wildman–Crippen MR) is 105 cm³/mol. The molecule has 0 aliphatic rings. The molecule has 2 aromatic carbocycles. The normalized spacial score (nSPS) is 11.7. The summed E-state index contributed by atoms with van der Waals surface area (Å²) in [6.07, 6.45) is 0.853. The molecule has 2 aromatic rings. The van der Waals surface area contributed by atoms with E-state index in [1.807, 2.05) is 61.5 Å². The van der Waals surface area contributed by atoms with Crippen LogP contribution in [0.15, 0.2) is 54.6 Å². The van der Waals surface area contributed by atoms with E-state index in [2.05, 4.69) is 5.32 Å². The second kappa shape index (κ2) is 9.97. The van der Waals surface area contributed by atoms with Crippen molar-refractivity contribution < 1.29 is 9.59 Å². The van der Waals surface area contributed by atoms with Crippen LogP contribution < -0.4 is 5.32 Å². The molecule has 0 heterocycles. The van der Waals surface area contributed by atoms with Crippen LogP contribution in [0.5, 0.6) is 0 Å². The van der Waals surface area contributed by atoms with Crippen LogP contribution >= 0.6 is 11.6 Å². The van der Waals surface area contributed by atoms with Crippen LogP contribution in [-0.4, -0.2) is 29.3 Å². The van der Waals surface area contributed by atoms with E-state index < -0.39 is 6.04 Å². The van der Waals surface area contributed by atoms with Gasteiger partial charge in [0.15, 0.2) is 0 Å². The number of likely N-dealkylation sites (N-methyl/N-ethyl adjacent to an activating group) is 1. The number of nitrogens with zero attached hydrogens (tertiary/aromatic N) is 1. The number of halogens is 1. The highest BCUT2D eigenvalue weighted by molar-refractivity contribution is 6.31. The molecule has 5 heteroatoms. The molecule has 1 atom stereocenters. The largest absolute Gasteiger partial charge is 0.355 e. The van der Waals surface area contributed by atoms with Crippen molar-refractivity contribution in [3.05, 3.63) is 70.7 Å². The summed E-state index contributed by atoms with van der Waals surface area (Å²) in [5.41, 5.74) is 1.93. The van der Waals surface area contributed by atoms with E-state index in [0.717, 1.165) is 11.1 Å². The summed E-state index contributed by atoms with van der Waals surface area (Å²) in [5.74, 6) is -0.206. The van der Waals surface area contributed by atoms with Crippen LogP contribution in [0.25, 0.3) is 0 Å². The minimum Gasteiger partial charge on any atom is -0.355 e. The minimum absolute atomic E-state index is 0.0625. The fraction of sp³-hybridized carbons (Fsp3) is 0.333. The Bertz CT molecular complexity index is 734. The van der Waals surface area contributed by atoms with Gasteiger partial charge >= 0.3 is 0 Å². The number of aryl methyl sites for hydroxylation is 1. The molecule has 2 amide bonds. The molecule has 0 saturated heterocycles. The number of carbonyl (C=O) groups is 2. The SMILES string of the molecule is CCNC(=O)[C@H](C)N(Cc1ccccc1)C(=O)CCc1ccccc1Cl. The first kappa shape index (κ1) is 20.0. The molecular weight excluding hydrogens is 348 g/mol. The van der Waals surface area contributed by atoms with Crippen molar-refractivity contribution >= 4 is 23.4 Å². The molecule has 0 bridgehead atoms. The maximum absolute atomic E-state index is 12.9. The Morgan fingerprint density at radius 1 is 1.08 bits per heavy atom. The molecule has 1 N–H and O–H groups in total. The van der Waals surface area contributed by atoms with Crippen molar-refractivity contribution in [3.8, 4) is 0 Å². The lowest BCUT2D eigenvalue weighted by atomic mass is 10.1. The lowest BCUT2D eigenvalue weighted by Gasteiger charge is -2.29. The van der Waals surface area contributed by atoms with Crippen molar-refractivity contribution in [1.29, 1.82) is 0 Å². The quantitative estimate of drug-likeness (QED) is 0.765. The number of hydrogen-bond acceptors (Lipinski definition) is 2. The maximum Gasteiger partial charge on any atom is 0.242 e. The summed E-state index contributed by atoms with van der Waals surface area (Å²) in [7, 11) is 0. The molecule has 0 aliphatic heterocycles. The number of benzene rings is 2. The second-order valence-corrected chi connectivity index (χ2v) is 6.58. The van der Waals surface area contributed by atoms with E-state index >= 15 is 0 Å². The summed E-state index contributed by atoms with van der Waals surface area (Å²) in [4.78, 5) is 26.8. The summed E-state index contributed by atoms with van der Waals surface area (Å²) in [5, 5.41) is 3.45. The third-order valence-electron chi connectivity index (χ3n) is 4.28. The Hall–Kier alpha value is -2.33. The van der Waals surface area contributed by atoms with Crippen LogP contribution in [0.2, 0.25) is 5.02 Å². The van der Waals surface area contributed by atoms with Gasteiger partial charge in [-0.1, -0.05) is 60.1 Å². The molecule has 0 saturated carbocycles. The van der Waals surface area contributed by atoms with Gasteiger partial charge in [-0.3, -0.25) is 9.59 Å². The van der Waals surface area contributed by atoms with Crippen molar-refractivity contribution in [3.63, 3.8) is 0 Å². The number of nitrogens with one attached hydrogen (secondary N) is 1. The zero-order valence-corrected chi connectivity index (χ0v) is 16.0. The molecule has 0 spiro atoms. The fourth-order valence-corrected chi connectivity index (χ4v) is 3.00. The standard InChI is InChI=1S/C21H25ClN2O2/c1-3-23-21(26)16(2)24(15-17-9-5-4-6-10-17)20(25)14-13-18-11-7-8-12-19(18)22/h4-12,16H,3,13-15H2,1-2H3,(H,23,26)/t16-/m0/s1. The summed E-state index contributed by atoms with van der Waals surface area (Å²) in [6.45, 7) is 4.57. The van der Waals surface area contributed by atoms with E-state index in [1.54, 1.807) is 11.8 Å². The number of amides is 2. The van der Waals surface area contributed by atoms with Crippen LogP contribution in [0.3, 0.4) is 0 Å². The Morgan fingerprint density at radius 2 is 1.73 bits per heavy atom. The highest BCUT2D eigenvalue weighted by Gasteiger charge is 2.25. The zero-order valence-electron chi connectivity index (χ0n) is 15.2. The van der Waals surface area contributed by atoms with Crippen LogP contribution in [-0.2, 0) is 22.6 Å². The summed E-state index contributed by atoms with van der Waals surface area (Å²) in [6, 6.07) is 16.7. The zero-order chi connectivity index (χ0) is 18.9. The summed E-state index contributed by atoms with van der Waals surface area (Å²) < 4.78 is 0. The van der Waals surface area contributed by atoms with Crippen LogP contribution in [0.1, 0.15) is 31.4 Å². The topological polar surface area (TPSA) is 49.4 Å². The van der Waals surface area contributed by atoms with E-state index in [0.29, 0.717) is 31.0 Å². The van der Waals surface area contributed by atoms with Gasteiger partial charge in [0.05, 0.1) is 0 Å². The van der Waals surface area contributed by atoms with Gasteiger partial charge < -0.3 is 10.2 Å². The van der Waals surface area contributed by atoms with Crippen molar-refractivity contribution in [1.82, 2.24) is 10.2 Å². The Kier molecular flexibility index (Phi) is 7.67. The minimum atomic E-state index is -0.533. The molecule has 0 fully saturated rings. The molecule has 26 heavy (non-hydrogen) atoms. The van der Waals surface area contributed by atoms with Gasteiger partial charge in [0.1, 0.15) is 6.04 Å². The van der Waals surface area contributed by atoms with Gasteiger partial charge in [-0.15, -0.1) is 0 Å². The first-order valence-electron chi connectivity index (χ1n) is 8.87. The van der Waals surface area contributed by atoms with Gasteiger partial charge in [0.2, 0.25) is 11.8 Å². The third kappa shape index (κ3) is 5.60. The lowest BCUT2D eigenvalue weighted by Crippen LogP contribution is -2.47. The van der Waals surface area contributed by atoms with Crippen LogP contribution in [0, 0.1) is 0 Å². The van der Waals surface area contributed by atoms with E-state index in [4.69, 9.17) is 11.6 Å². The first-order valence-corrected chi connectivity index (χ1v) is 9.25. The fourth-order valence-electron chi connectivity index (χ4n) is 2.77. The number of rotatable bonds is 8. The van der Waals surface area contributed by atoms with Gasteiger partial charge in [0, 0.05) is 24.5 Å². The first-order chi connectivity index (χ1) is 12.5. The maximum atomic E-state index is 12.9. The number of carbonyl (C=O) groups excluding carboxylic acids is 2. The van der Waals surface area contributed by atoms with Gasteiger partial charge in [-0.05, 0) is 37.5 Å². The second-order valence-electron chi connectivity index (χ2n) is 6.17. The van der Waals surface area contributed by atoms with E-state index in [1.165, 1.54) is 0 Å². The Morgan fingerprint density at radius 3 is 2.38 bits per heavy atom. The van der Waals surface area contributed by atoms with Crippen LogP contribution in [0.4, 0.5) is 0 Å². The third-order valence-corrected chi connectivity index (χ3v) is 4.65. The van der Waals surface area contributed by atoms with E-state index in [9.17, 15) is 9.59 Å². The highest BCUT2D eigenvalue weighted by Crippen LogP contribution is 2.18. The highest BCUT2D eigenvalue weighted by atomic mass is 35.5. The Balaban J connectivity index is 2.12. The molecule has 0 aromatic heterocycles. The lowest BCUT2D eigenvalue weighted by molar-refractivity contribution is -0.140. The summed E-state index contributed by atoms with van der Waals surface area (Å²) >= 11 is 6.18. The predicted octanol–water partition coefficient (Wildman–Crippen LogP) is 3.83. The van der Waals surface area contributed by atoms with Gasteiger partial charge in [-0.2, -0.15) is 0 Å². The van der Waals surface area contributed by atoms with Crippen molar-refractivity contribution in [2.24, 2.45) is 0 Å². The molecular formula is C21H25ClN2O2. The monoisotopic (exact) mass is 372 g/mol. The molecule has 0 unspecified atom stereocenters. The molecule has 4 nitrogen and oxygen atoms in total. The van der Waals surface area contributed by atoms with Crippen molar-refractivity contribution in [2.45, 2.75) is 39.3 Å². The average Bonchev–Trinajstić information content (AvgIpc) is 2.65. The number of hydrogen-bond donors (Lipinski definition) is 1. The smallest absolute Gasteiger partial charge is 0.242 e. The van der Waals surface area contributed by atoms with E-state index in [-0.39, 0.29) is 11.8 Å². The van der Waals surface area contributed by atoms with Gasteiger partial charge in [0.25, 0.3) is 0 Å². The molecule has 138 valence electrons.